The van der Waals surface area contributed by atoms with Crippen molar-refractivity contribution in [2.24, 2.45) is 0 Å². The number of carboxylic acid groups (broad SMARTS) is 1. The van der Waals surface area contributed by atoms with Crippen LogP contribution in [0.2, 0.25) is 0 Å². The molecule has 0 radical (unpaired) electrons. The van der Waals surface area contributed by atoms with Crippen molar-refractivity contribution in [1.29, 1.82) is 0 Å². The summed E-state index contributed by atoms with van der Waals surface area (Å²) in [4.78, 5) is 35.7. The maximum atomic E-state index is 12.5. The van der Waals surface area contributed by atoms with E-state index in [0.717, 1.165) is 11.1 Å². The molecule has 0 bridgehead atoms. The molecule has 0 fully saturated rings. The van der Waals surface area contributed by atoms with E-state index in [-0.39, 0.29) is 30.9 Å². The molecule has 0 saturated carbocycles. The monoisotopic (exact) mass is 472 g/mol. The Labute approximate surface area is 204 Å². The molecule has 3 aromatic rings. The zero-order valence-corrected chi connectivity index (χ0v) is 19.5. The molecule has 2 amide bonds. The van der Waals surface area contributed by atoms with Crippen molar-refractivity contribution in [1.82, 2.24) is 5.32 Å². The lowest BCUT2D eigenvalue weighted by Gasteiger charge is -2.16. The number of hydrogen-bond acceptors (Lipinski definition) is 4. The first-order chi connectivity index (χ1) is 17.0. The van der Waals surface area contributed by atoms with Crippen LogP contribution in [0.4, 0.5) is 10.5 Å². The molecule has 0 spiro atoms. The number of carboxylic acids is 1. The third-order valence-electron chi connectivity index (χ3n) is 6.27. The van der Waals surface area contributed by atoms with Crippen LogP contribution < -0.4 is 10.6 Å². The van der Waals surface area contributed by atoms with Crippen molar-refractivity contribution in [3.63, 3.8) is 0 Å². The fourth-order valence-electron chi connectivity index (χ4n) is 4.40. The van der Waals surface area contributed by atoms with E-state index in [4.69, 9.17) is 9.84 Å². The summed E-state index contributed by atoms with van der Waals surface area (Å²) in [5, 5.41) is 14.4. The van der Waals surface area contributed by atoms with Gasteiger partial charge in [-0.2, -0.15) is 0 Å². The molecule has 7 heteroatoms. The van der Waals surface area contributed by atoms with Gasteiger partial charge in [0.2, 0.25) is 0 Å². The van der Waals surface area contributed by atoms with Crippen LogP contribution in [0.25, 0.3) is 11.1 Å². The standard InChI is InChI=1S/C28H28N2O5/c1-2-19(15-16-26(31)32)29-27(33)18-11-13-20(14-12-18)30-28(34)35-17-25-23-9-5-3-7-21(23)22-8-4-6-10-24(22)25/h3-14,19,25H,2,15-17H2,1H3,(H,29,33)(H,30,34)(H,31,32). The second kappa shape index (κ2) is 10.9. The van der Waals surface area contributed by atoms with Gasteiger partial charge in [0.25, 0.3) is 5.91 Å². The summed E-state index contributed by atoms with van der Waals surface area (Å²) in [7, 11) is 0. The number of aliphatic carboxylic acids is 1. The fraction of sp³-hybridized carbons (Fsp3) is 0.250. The number of ether oxygens (including phenoxy) is 1. The Hall–Kier alpha value is -4.13. The maximum absolute atomic E-state index is 12.5. The number of nitrogens with one attached hydrogen (secondary N) is 2. The van der Waals surface area contributed by atoms with E-state index >= 15 is 0 Å². The summed E-state index contributed by atoms with van der Waals surface area (Å²) in [5.74, 6) is -1.19. The van der Waals surface area contributed by atoms with E-state index < -0.39 is 12.1 Å². The van der Waals surface area contributed by atoms with Gasteiger partial charge in [-0.05, 0) is 59.4 Å². The predicted octanol–water partition coefficient (Wildman–Crippen LogP) is 5.42. The van der Waals surface area contributed by atoms with E-state index in [9.17, 15) is 14.4 Å². The summed E-state index contributed by atoms with van der Waals surface area (Å²) in [6, 6.07) is 22.6. The first kappa shape index (κ1) is 24.0. The van der Waals surface area contributed by atoms with Crippen LogP contribution in [0.3, 0.4) is 0 Å². The van der Waals surface area contributed by atoms with Crippen LogP contribution in [0.5, 0.6) is 0 Å². The Balaban J connectivity index is 1.32. The molecule has 0 aromatic heterocycles. The van der Waals surface area contributed by atoms with Crippen molar-refractivity contribution >= 4 is 23.7 Å². The van der Waals surface area contributed by atoms with Crippen molar-refractivity contribution in [2.45, 2.75) is 38.1 Å². The van der Waals surface area contributed by atoms with Gasteiger partial charge < -0.3 is 15.2 Å². The minimum absolute atomic E-state index is 0.00177. The highest BCUT2D eigenvalue weighted by atomic mass is 16.5. The third-order valence-corrected chi connectivity index (χ3v) is 6.27. The minimum atomic E-state index is -0.888. The van der Waals surface area contributed by atoms with Gasteiger partial charge in [-0.3, -0.25) is 14.9 Å². The Kier molecular flexibility index (Phi) is 7.45. The van der Waals surface area contributed by atoms with Crippen LogP contribution in [-0.4, -0.2) is 35.7 Å². The number of rotatable bonds is 9. The SMILES string of the molecule is CCC(CCC(=O)O)NC(=O)c1ccc(NC(=O)OCC2c3ccccc3-c3ccccc32)cc1. The normalized spacial score (nSPS) is 12.8. The van der Waals surface area contributed by atoms with Crippen LogP contribution in [0.1, 0.15) is 53.6 Å². The molecule has 0 aliphatic heterocycles. The lowest BCUT2D eigenvalue weighted by Crippen LogP contribution is -2.34. The zero-order valence-electron chi connectivity index (χ0n) is 19.5. The number of fused-ring (bicyclic) bond motifs is 3. The van der Waals surface area contributed by atoms with E-state index in [1.807, 2.05) is 31.2 Å². The predicted molar refractivity (Wildman–Crippen MR) is 134 cm³/mol. The maximum Gasteiger partial charge on any atom is 0.411 e. The molecule has 1 aliphatic rings. The third kappa shape index (κ3) is 5.69. The number of hydrogen-bond donors (Lipinski definition) is 3. The second-order valence-electron chi connectivity index (χ2n) is 8.54. The Morgan fingerprint density at radius 1 is 0.914 bits per heavy atom. The first-order valence-electron chi connectivity index (χ1n) is 11.7. The largest absolute Gasteiger partial charge is 0.481 e. The number of carbonyl (C=O) groups is 3. The number of benzene rings is 3. The molecular weight excluding hydrogens is 444 g/mol. The van der Waals surface area contributed by atoms with Gasteiger partial charge in [0.15, 0.2) is 0 Å². The smallest absolute Gasteiger partial charge is 0.411 e. The highest BCUT2D eigenvalue weighted by Gasteiger charge is 2.29. The molecule has 1 atom stereocenters. The Morgan fingerprint density at radius 3 is 2.09 bits per heavy atom. The molecular formula is C28H28N2O5. The second-order valence-corrected chi connectivity index (χ2v) is 8.54. The van der Waals surface area contributed by atoms with E-state index in [2.05, 4.69) is 34.9 Å². The molecule has 4 rings (SSSR count). The van der Waals surface area contributed by atoms with Gasteiger partial charge in [-0.1, -0.05) is 55.5 Å². The average Bonchev–Trinajstić information content (AvgIpc) is 3.19. The van der Waals surface area contributed by atoms with Gasteiger partial charge in [0, 0.05) is 29.6 Å². The first-order valence-corrected chi connectivity index (χ1v) is 11.7. The Morgan fingerprint density at radius 2 is 1.51 bits per heavy atom. The van der Waals surface area contributed by atoms with Gasteiger partial charge in [-0.25, -0.2) is 4.79 Å². The molecule has 1 aliphatic carbocycles. The number of anilines is 1. The van der Waals surface area contributed by atoms with Crippen molar-refractivity contribution < 1.29 is 24.2 Å². The van der Waals surface area contributed by atoms with Crippen LogP contribution in [0, 0.1) is 0 Å². The lowest BCUT2D eigenvalue weighted by molar-refractivity contribution is -0.137. The molecule has 1 unspecified atom stereocenters. The lowest BCUT2D eigenvalue weighted by atomic mass is 9.98. The van der Waals surface area contributed by atoms with Crippen LogP contribution in [0.15, 0.2) is 72.8 Å². The van der Waals surface area contributed by atoms with E-state index in [1.165, 1.54) is 11.1 Å². The summed E-state index contributed by atoms with van der Waals surface area (Å²) in [6.07, 6.45) is 0.449. The van der Waals surface area contributed by atoms with Gasteiger partial charge >= 0.3 is 12.1 Å². The molecule has 180 valence electrons. The van der Waals surface area contributed by atoms with Crippen molar-refractivity contribution in [3.05, 3.63) is 89.5 Å². The zero-order chi connectivity index (χ0) is 24.8. The van der Waals surface area contributed by atoms with Gasteiger partial charge in [-0.15, -0.1) is 0 Å². The van der Waals surface area contributed by atoms with Crippen molar-refractivity contribution in [3.8, 4) is 11.1 Å². The molecule has 35 heavy (non-hydrogen) atoms. The highest BCUT2D eigenvalue weighted by molar-refractivity contribution is 5.95. The number of carbonyl (C=O) groups excluding carboxylic acids is 2. The summed E-state index contributed by atoms with van der Waals surface area (Å²) < 4.78 is 5.56. The van der Waals surface area contributed by atoms with Crippen LogP contribution >= 0.6 is 0 Å². The summed E-state index contributed by atoms with van der Waals surface area (Å²) in [6.45, 7) is 2.11. The molecule has 7 nitrogen and oxygen atoms in total. The van der Waals surface area contributed by atoms with Crippen LogP contribution in [-0.2, 0) is 9.53 Å². The molecule has 3 N–H and O–H groups in total. The van der Waals surface area contributed by atoms with E-state index in [1.54, 1.807) is 24.3 Å². The Bertz CT molecular complexity index is 1180. The van der Waals surface area contributed by atoms with Crippen molar-refractivity contribution in [2.75, 3.05) is 11.9 Å². The fourth-order valence-corrected chi connectivity index (χ4v) is 4.40. The highest BCUT2D eigenvalue weighted by Crippen LogP contribution is 2.44. The molecule has 0 heterocycles. The van der Waals surface area contributed by atoms with E-state index in [0.29, 0.717) is 24.1 Å². The quantitative estimate of drug-likeness (QED) is 0.386. The van der Waals surface area contributed by atoms with Gasteiger partial charge in [0.05, 0.1) is 0 Å². The molecule has 3 aromatic carbocycles. The number of amides is 2. The molecule has 0 saturated heterocycles. The topological polar surface area (TPSA) is 105 Å². The minimum Gasteiger partial charge on any atom is -0.481 e. The summed E-state index contributed by atoms with van der Waals surface area (Å²) in [5.41, 5.74) is 5.56. The summed E-state index contributed by atoms with van der Waals surface area (Å²) >= 11 is 0. The van der Waals surface area contributed by atoms with Gasteiger partial charge in [0.1, 0.15) is 6.61 Å². The average molecular weight is 473 g/mol.